The van der Waals surface area contributed by atoms with Crippen LogP contribution in [0.15, 0.2) is 42.5 Å². The van der Waals surface area contributed by atoms with E-state index >= 15 is 0 Å². The summed E-state index contributed by atoms with van der Waals surface area (Å²) in [6, 6.07) is 13.1. The van der Waals surface area contributed by atoms with Gasteiger partial charge in [-0.15, -0.1) is 0 Å². The van der Waals surface area contributed by atoms with Gasteiger partial charge in [0.25, 0.3) is 0 Å². The molecule has 2 aromatic carbocycles. The smallest absolute Gasteiger partial charge is 0.146 e. The molecule has 4 heteroatoms. The van der Waals surface area contributed by atoms with Gasteiger partial charge in [0.05, 0.1) is 5.69 Å². The number of nitrogens with zero attached hydrogens (tertiary/aromatic N) is 2. The van der Waals surface area contributed by atoms with Gasteiger partial charge in [0.2, 0.25) is 0 Å². The zero-order chi connectivity index (χ0) is 15.5. The van der Waals surface area contributed by atoms with Crippen molar-refractivity contribution < 1.29 is 4.39 Å². The first-order chi connectivity index (χ1) is 10.6. The molecule has 1 aliphatic rings. The van der Waals surface area contributed by atoms with E-state index in [0.29, 0.717) is 5.69 Å². The summed E-state index contributed by atoms with van der Waals surface area (Å²) in [6.45, 7) is 6.62. The highest BCUT2D eigenvalue weighted by Crippen LogP contribution is 2.21. The fourth-order valence-electron chi connectivity index (χ4n) is 2.99. The second-order valence-corrected chi connectivity index (χ2v) is 5.90. The topological polar surface area (TPSA) is 6.48 Å². The van der Waals surface area contributed by atoms with Crippen molar-refractivity contribution in [2.45, 2.75) is 13.5 Å². The van der Waals surface area contributed by atoms with Gasteiger partial charge < -0.3 is 4.90 Å². The van der Waals surface area contributed by atoms with E-state index in [2.05, 4.69) is 22.8 Å². The lowest BCUT2D eigenvalue weighted by atomic mass is 9.92. The van der Waals surface area contributed by atoms with Crippen LogP contribution in [0.1, 0.15) is 11.1 Å². The van der Waals surface area contributed by atoms with Crippen LogP contribution in [0.25, 0.3) is 0 Å². The van der Waals surface area contributed by atoms with Crippen LogP contribution < -0.4 is 10.4 Å². The van der Waals surface area contributed by atoms with Crippen LogP contribution in [0, 0.1) is 12.7 Å². The van der Waals surface area contributed by atoms with Crippen LogP contribution in [0.4, 0.5) is 10.1 Å². The van der Waals surface area contributed by atoms with E-state index in [1.165, 1.54) is 17.2 Å². The van der Waals surface area contributed by atoms with Crippen molar-refractivity contribution in [2.24, 2.45) is 0 Å². The third-order valence-corrected chi connectivity index (χ3v) is 4.33. The van der Waals surface area contributed by atoms with Crippen molar-refractivity contribution in [3.63, 3.8) is 0 Å². The van der Waals surface area contributed by atoms with Crippen molar-refractivity contribution in [1.29, 1.82) is 0 Å². The molecule has 0 bridgehead atoms. The van der Waals surface area contributed by atoms with E-state index in [0.717, 1.165) is 38.2 Å². The predicted octanol–water partition coefficient (Wildman–Crippen LogP) is 2.25. The number of rotatable bonds is 3. The zero-order valence-corrected chi connectivity index (χ0v) is 12.9. The third kappa shape index (κ3) is 3.33. The number of hydrogen-bond acceptors (Lipinski definition) is 2. The molecule has 0 aliphatic carbocycles. The second kappa shape index (κ2) is 6.53. The lowest BCUT2D eigenvalue weighted by molar-refractivity contribution is 0.249. The van der Waals surface area contributed by atoms with Gasteiger partial charge in [-0.25, -0.2) is 4.39 Å². The molecule has 0 atom stereocenters. The van der Waals surface area contributed by atoms with E-state index in [4.69, 9.17) is 7.85 Å². The molecule has 112 valence electrons. The fraction of sp³-hybridized carbons (Fsp3) is 0.333. The van der Waals surface area contributed by atoms with Crippen molar-refractivity contribution in [2.75, 3.05) is 31.1 Å². The minimum absolute atomic E-state index is 0.134. The molecule has 2 radical (unpaired) electrons. The van der Waals surface area contributed by atoms with Crippen molar-refractivity contribution in [1.82, 2.24) is 4.90 Å². The molecule has 0 aromatic heterocycles. The first-order valence-corrected chi connectivity index (χ1v) is 7.70. The quantitative estimate of drug-likeness (QED) is 0.801. The van der Waals surface area contributed by atoms with Crippen LogP contribution in [-0.2, 0) is 6.54 Å². The predicted molar refractivity (Wildman–Crippen MR) is 90.5 cm³/mol. The maximum atomic E-state index is 13.8. The summed E-state index contributed by atoms with van der Waals surface area (Å²) in [6.07, 6.45) is 0. The van der Waals surface area contributed by atoms with Crippen LogP contribution in [0.3, 0.4) is 0 Å². The molecule has 3 rings (SSSR count). The van der Waals surface area contributed by atoms with E-state index in [-0.39, 0.29) is 5.82 Å². The Kier molecular flexibility index (Phi) is 4.48. The van der Waals surface area contributed by atoms with Crippen LogP contribution >= 0.6 is 0 Å². The Morgan fingerprint density at radius 2 is 1.77 bits per heavy atom. The standard InChI is InChI=1S/C18H20BFN2/c1-14-12-16(19)7-6-15(14)13-21-8-10-22(11-9-21)18-5-3-2-4-17(18)20/h2-7,12H,8-11,13H2,1H3. The van der Waals surface area contributed by atoms with E-state index in [9.17, 15) is 4.39 Å². The monoisotopic (exact) mass is 294 g/mol. The Balaban J connectivity index is 1.61. The third-order valence-electron chi connectivity index (χ3n) is 4.33. The minimum Gasteiger partial charge on any atom is -0.367 e. The van der Waals surface area contributed by atoms with Gasteiger partial charge in [-0.1, -0.05) is 35.8 Å². The van der Waals surface area contributed by atoms with E-state index < -0.39 is 0 Å². The molecule has 0 amide bonds. The van der Waals surface area contributed by atoms with Crippen molar-refractivity contribution >= 4 is 19.0 Å². The average Bonchev–Trinajstić information content (AvgIpc) is 2.51. The largest absolute Gasteiger partial charge is 0.367 e. The Labute approximate surface area is 133 Å². The highest BCUT2D eigenvalue weighted by Gasteiger charge is 2.19. The van der Waals surface area contributed by atoms with Gasteiger partial charge in [0.1, 0.15) is 13.7 Å². The maximum absolute atomic E-state index is 13.8. The number of halogens is 1. The summed E-state index contributed by atoms with van der Waals surface area (Å²) in [5.41, 5.74) is 4.07. The summed E-state index contributed by atoms with van der Waals surface area (Å²) in [4.78, 5) is 4.54. The maximum Gasteiger partial charge on any atom is 0.146 e. The first kappa shape index (κ1) is 15.1. The molecule has 2 aromatic rings. The van der Waals surface area contributed by atoms with Gasteiger partial charge in [-0.05, 0) is 30.2 Å². The summed E-state index contributed by atoms with van der Waals surface area (Å²) in [7, 11) is 5.80. The highest BCUT2D eigenvalue weighted by atomic mass is 19.1. The Hall–Kier alpha value is -1.81. The molecule has 0 N–H and O–H groups in total. The SMILES string of the molecule is [B]c1ccc(CN2CCN(c3ccccc3F)CC2)c(C)c1. The minimum atomic E-state index is -0.134. The molecule has 1 aliphatic heterocycles. The Bertz CT molecular complexity index is 651. The van der Waals surface area contributed by atoms with Crippen LogP contribution in [0.5, 0.6) is 0 Å². The molecular weight excluding hydrogens is 274 g/mol. The van der Waals surface area contributed by atoms with Crippen molar-refractivity contribution in [3.05, 3.63) is 59.4 Å². The number of para-hydroxylation sites is 1. The second-order valence-electron chi connectivity index (χ2n) is 5.90. The summed E-state index contributed by atoms with van der Waals surface area (Å²) in [5, 5.41) is 0. The number of benzene rings is 2. The first-order valence-electron chi connectivity index (χ1n) is 7.70. The molecule has 22 heavy (non-hydrogen) atoms. The van der Waals surface area contributed by atoms with Gasteiger partial charge in [-0.2, -0.15) is 0 Å². The highest BCUT2D eigenvalue weighted by molar-refractivity contribution is 6.32. The van der Waals surface area contributed by atoms with Crippen LogP contribution in [-0.4, -0.2) is 38.9 Å². The molecule has 1 fully saturated rings. The molecular formula is C18H20BFN2. The van der Waals surface area contributed by atoms with Gasteiger partial charge in [0, 0.05) is 32.7 Å². The normalized spacial score (nSPS) is 16.0. The Morgan fingerprint density at radius 1 is 1.05 bits per heavy atom. The molecule has 0 unspecified atom stereocenters. The molecule has 1 heterocycles. The Morgan fingerprint density at radius 3 is 2.45 bits per heavy atom. The molecule has 2 nitrogen and oxygen atoms in total. The van der Waals surface area contributed by atoms with Crippen LogP contribution in [0.2, 0.25) is 0 Å². The van der Waals surface area contributed by atoms with Gasteiger partial charge in [-0.3, -0.25) is 4.90 Å². The number of anilines is 1. The fourth-order valence-corrected chi connectivity index (χ4v) is 2.99. The lowest BCUT2D eigenvalue weighted by Gasteiger charge is -2.36. The summed E-state index contributed by atoms with van der Waals surface area (Å²) in [5.74, 6) is -0.134. The van der Waals surface area contributed by atoms with Gasteiger partial charge in [0.15, 0.2) is 0 Å². The number of piperazine rings is 1. The summed E-state index contributed by atoms with van der Waals surface area (Å²) >= 11 is 0. The van der Waals surface area contributed by atoms with Gasteiger partial charge >= 0.3 is 0 Å². The number of hydrogen-bond donors (Lipinski definition) is 0. The molecule has 0 spiro atoms. The van der Waals surface area contributed by atoms with Crippen molar-refractivity contribution in [3.8, 4) is 0 Å². The lowest BCUT2D eigenvalue weighted by Crippen LogP contribution is -2.46. The molecule has 1 saturated heterocycles. The average molecular weight is 294 g/mol. The summed E-state index contributed by atoms with van der Waals surface area (Å²) < 4.78 is 13.8. The zero-order valence-electron chi connectivity index (χ0n) is 12.9. The molecule has 0 saturated carbocycles. The van der Waals surface area contributed by atoms with E-state index in [1.807, 2.05) is 24.3 Å². The van der Waals surface area contributed by atoms with E-state index in [1.54, 1.807) is 6.07 Å². The number of aryl methyl sites for hydroxylation is 1.